The third-order valence-electron chi connectivity index (χ3n) is 4.44. The molecule has 2 heterocycles. The summed E-state index contributed by atoms with van der Waals surface area (Å²) in [6, 6.07) is -1.78. The number of nitrogens with one attached hydrogen (secondary N) is 1. The average molecular weight is 355 g/mol. The molecular weight excluding hydrogens is 330 g/mol. The predicted molar refractivity (Wildman–Crippen MR) is 75.5 cm³/mol. The molecule has 0 spiro atoms. The minimum Gasteiger partial charge on any atom is -0.395 e. The molecule has 2 aliphatic heterocycles. The second kappa shape index (κ2) is 8.29. The first-order chi connectivity index (χ1) is 11.3. The van der Waals surface area contributed by atoms with Gasteiger partial charge < -0.3 is 55.6 Å². The Kier molecular flexibility index (Phi) is 6.87. The Bertz CT molecular complexity index is 361. The van der Waals surface area contributed by atoms with E-state index >= 15 is 0 Å². The highest BCUT2D eigenvalue weighted by Gasteiger charge is 2.46. The van der Waals surface area contributed by atoms with Gasteiger partial charge in [0.15, 0.2) is 6.29 Å². The molecule has 24 heavy (non-hydrogen) atoms. The summed E-state index contributed by atoms with van der Waals surface area (Å²) in [5.74, 6) is 0. The molecule has 0 amide bonds. The number of ether oxygens (including phenoxy) is 2. The summed E-state index contributed by atoms with van der Waals surface area (Å²) in [4.78, 5) is 0. The van der Waals surface area contributed by atoms with E-state index in [0.29, 0.717) is 0 Å². The van der Waals surface area contributed by atoms with E-state index in [-0.39, 0.29) is 6.61 Å². The molecule has 2 fully saturated rings. The molecule has 2 aliphatic rings. The Morgan fingerprint density at radius 3 is 1.88 bits per heavy atom. The minimum absolute atomic E-state index is 0.301. The van der Waals surface area contributed by atoms with E-state index < -0.39 is 74.3 Å². The summed E-state index contributed by atoms with van der Waals surface area (Å²) in [7, 11) is 0. The Hall–Kier alpha value is -0.440. The summed E-state index contributed by atoms with van der Waals surface area (Å²) in [5, 5.41) is 79.6. The van der Waals surface area contributed by atoms with Gasteiger partial charge in [0.1, 0.15) is 30.5 Å². The SMILES string of the molecule is OC[C@@H]1O[C@H](OC[C@@H]2N[C@H](CO)[C@H](O)[C@H](O)[C@@H]2O)[C@H](O)[C@H](O)[C@@H]1O. The molecule has 0 unspecified atom stereocenters. The standard InChI is InChI=1S/C13H25NO10/c15-1-4-7(17)10(20)8(18)5(14-4)3-23-13-12(22)11(21)9(19)6(2-16)24-13/h4-22H,1-3H2/t4-,5+,6+,7+,8-,9-,10+,11-,12-,13+/m1/s1. The van der Waals surface area contributed by atoms with Gasteiger partial charge in [-0.15, -0.1) is 0 Å². The van der Waals surface area contributed by atoms with E-state index in [1.54, 1.807) is 0 Å². The van der Waals surface area contributed by atoms with E-state index in [2.05, 4.69) is 5.32 Å². The van der Waals surface area contributed by atoms with Gasteiger partial charge in [-0.2, -0.15) is 0 Å². The van der Waals surface area contributed by atoms with Crippen LogP contribution < -0.4 is 5.32 Å². The predicted octanol–water partition coefficient (Wildman–Crippen LogP) is -5.78. The summed E-state index contributed by atoms with van der Waals surface area (Å²) in [5.41, 5.74) is 0. The molecule has 11 nitrogen and oxygen atoms in total. The molecule has 0 saturated carbocycles. The molecule has 0 aliphatic carbocycles. The Morgan fingerprint density at radius 2 is 1.29 bits per heavy atom. The van der Waals surface area contributed by atoms with Crippen LogP contribution in [0.4, 0.5) is 0 Å². The van der Waals surface area contributed by atoms with Gasteiger partial charge in [-0.05, 0) is 0 Å². The zero-order valence-corrected chi connectivity index (χ0v) is 12.8. The fourth-order valence-corrected chi connectivity index (χ4v) is 2.86. The van der Waals surface area contributed by atoms with Gasteiger partial charge in [-0.25, -0.2) is 0 Å². The Balaban J connectivity index is 1.96. The van der Waals surface area contributed by atoms with Crippen LogP contribution >= 0.6 is 0 Å². The lowest BCUT2D eigenvalue weighted by Gasteiger charge is -2.43. The second-order valence-corrected chi connectivity index (χ2v) is 6.06. The smallest absolute Gasteiger partial charge is 0.186 e. The van der Waals surface area contributed by atoms with E-state index in [9.17, 15) is 30.6 Å². The molecule has 11 heteroatoms. The molecule has 2 saturated heterocycles. The van der Waals surface area contributed by atoms with Gasteiger partial charge >= 0.3 is 0 Å². The number of aliphatic hydroxyl groups is 8. The van der Waals surface area contributed by atoms with Gasteiger partial charge in [-0.1, -0.05) is 0 Å². The van der Waals surface area contributed by atoms with E-state index in [4.69, 9.17) is 19.7 Å². The quantitative estimate of drug-likeness (QED) is 0.228. The van der Waals surface area contributed by atoms with Crippen molar-refractivity contribution in [3.63, 3.8) is 0 Å². The Morgan fingerprint density at radius 1 is 0.708 bits per heavy atom. The van der Waals surface area contributed by atoms with Crippen LogP contribution in [0.1, 0.15) is 0 Å². The number of hydrogen-bond acceptors (Lipinski definition) is 11. The van der Waals surface area contributed by atoms with Gasteiger partial charge in [-0.3, -0.25) is 0 Å². The summed E-state index contributed by atoms with van der Waals surface area (Å²) in [6.45, 7) is -1.39. The first-order valence-electron chi connectivity index (χ1n) is 7.65. The zero-order valence-electron chi connectivity index (χ0n) is 12.8. The van der Waals surface area contributed by atoms with Crippen LogP contribution in [0.15, 0.2) is 0 Å². The largest absolute Gasteiger partial charge is 0.395 e. The topological polar surface area (TPSA) is 192 Å². The first-order valence-corrected chi connectivity index (χ1v) is 7.65. The molecule has 0 aromatic heterocycles. The third kappa shape index (κ3) is 3.86. The van der Waals surface area contributed by atoms with Crippen LogP contribution in [0.5, 0.6) is 0 Å². The lowest BCUT2D eigenvalue weighted by atomic mass is 9.91. The number of aliphatic hydroxyl groups excluding tert-OH is 8. The van der Waals surface area contributed by atoms with Crippen molar-refractivity contribution in [2.45, 2.75) is 61.1 Å². The van der Waals surface area contributed by atoms with Crippen molar-refractivity contribution < 1.29 is 50.3 Å². The summed E-state index contributed by atoms with van der Waals surface area (Å²) in [6.07, 6.45) is -11.5. The van der Waals surface area contributed by atoms with Gasteiger partial charge in [0.25, 0.3) is 0 Å². The van der Waals surface area contributed by atoms with Gasteiger partial charge in [0, 0.05) is 0 Å². The average Bonchev–Trinajstić information content (AvgIpc) is 2.58. The highest BCUT2D eigenvalue weighted by molar-refractivity contribution is 4.98. The fraction of sp³-hybridized carbons (Fsp3) is 1.00. The number of hydrogen-bond donors (Lipinski definition) is 9. The van der Waals surface area contributed by atoms with Gasteiger partial charge in [0.2, 0.25) is 0 Å². The van der Waals surface area contributed by atoms with E-state index in [1.807, 2.05) is 0 Å². The molecule has 0 aromatic rings. The van der Waals surface area contributed by atoms with Crippen molar-refractivity contribution >= 4 is 0 Å². The van der Waals surface area contributed by atoms with E-state index in [0.717, 1.165) is 0 Å². The molecule has 0 bridgehead atoms. The number of rotatable bonds is 5. The summed E-state index contributed by atoms with van der Waals surface area (Å²) >= 11 is 0. The highest BCUT2D eigenvalue weighted by Crippen LogP contribution is 2.23. The Labute approximate surface area is 137 Å². The molecule has 2 rings (SSSR count). The van der Waals surface area contributed by atoms with Gasteiger partial charge in [0.05, 0.1) is 44.1 Å². The summed E-state index contributed by atoms with van der Waals surface area (Å²) < 4.78 is 10.4. The van der Waals surface area contributed by atoms with Crippen LogP contribution in [0.2, 0.25) is 0 Å². The normalized spacial score (nSPS) is 50.0. The fourth-order valence-electron chi connectivity index (χ4n) is 2.86. The zero-order chi connectivity index (χ0) is 18.0. The highest BCUT2D eigenvalue weighted by atomic mass is 16.7. The lowest BCUT2D eigenvalue weighted by molar-refractivity contribution is -0.304. The minimum atomic E-state index is -1.59. The molecular formula is C13H25NO10. The van der Waals surface area contributed by atoms with Crippen molar-refractivity contribution in [1.29, 1.82) is 0 Å². The van der Waals surface area contributed by atoms with Crippen LogP contribution in [-0.4, -0.2) is 122 Å². The van der Waals surface area contributed by atoms with Crippen molar-refractivity contribution in [3.8, 4) is 0 Å². The second-order valence-electron chi connectivity index (χ2n) is 6.06. The van der Waals surface area contributed by atoms with Crippen molar-refractivity contribution in [1.82, 2.24) is 5.32 Å². The monoisotopic (exact) mass is 355 g/mol. The van der Waals surface area contributed by atoms with Crippen LogP contribution in [0, 0.1) is 0 Å². The van der Waals surface area contributed by atoms with Crippen molar-refractivity contribution in [3.05, 3.63) is 0 Å². The maximum atomic E-state index is 9.94. The van der Waals surface area contributed by atoms with Crippen molar-refractivity contribution in [2.75, 3.05) is 19.8 Å². The van der Waals surface area contributed by atoms with Crippen molar-refractivity contribution in [2.24, 2.45) is 0 Å². The lowest BCUT2D eigenvalue weighted by Crippen LogP contribution is -2.67. The molecule has 9 N–H and O–H groups in total. The van der Waals surface area contributed by atoms with Crippen LogP contribution in [-0.2, 0) is 9.47 Å². The third-order valence-corrected chi connectivity index (χ3v) is 4.44. The van der Waals surface area contributed by atoms with Crippen LogP contribution in [0.3, 0.4) is 0 Å². The first kappa shape index (κ1) is 19.9. The number of piperidine rings is 1. The maximum absolute atomic E-state index is 9.94. The van der Waals surface area contributed by atoms with E-state index in [1.165, 1.54) is 0 Å². The van der Waals surface area contributed by atoms with Crippen LogP contribution in [0.25, 0.3) is 0 Å². The molecule has 0 aromatic carbocycles. The molecule has 10 atom stereocenters. The maximum Gasteiger partial charge on any atom is 0.186 e. The molecule has 0 radical (unpaired) electrons. The molecule has 142 valence electrons.